The molecule has 0 aliphatic rings. The second-order valence-corrected chi connectivity index (χ2v) is 7.78. The van der Waals surface area contributed by atoms with E-state index in [1.165, 1.54) is 0 Å². The third kappa shape index (κ3) is 6.88. The molecule has 6 heteroatoms. The Labute approximate surface area is 162 Å². The van der Waals surface area contributed by atoms with Gasteiger partial charge < -0.3 is 15.4 Å². The third-order valence-corrected chi connectivity index (χ3v) is 3.94. The Hall–Kier alpha value is -2.34. The van der Waals surface area contributed by atoms with Gasteiger partial charge in [0.05, 0.1) is 12.5 Å². The van der Waals surface area contributed by atoms with Gasteiger partial charge in [-0.2, -0.15) is 0 Å². The molecule has 0 aromatic heterocycles. The molecular formula is C20H23BrN2O3. The van der Waals surface area contributed by atoms with Crippen LogP contribution in [0.2, 0.25) is 0 Å². The van der Waals surface area contributed by atoms with Crippen LogP contribution in [0.5, 0.6) is 0 Å². The van der Waals surface area contributed by atoms with Crippen molar-refractivity contribution in [1.82, 2.24) is 5.32 Å². The molecule has 2 amide bonds. The monoisotopic (exact) mass is 418 g/mol. The number of halogens is 1. The van der Waals surface area contributed by atoms with E-state index in [4.69, 9.17) is 4.74 Å². The molecule has 138 valence electrons. The molecule has 0 aliphatic carbocycles. The van der Waals surface area contributed by atoms with Gasteiger partial charge in [0, 0.05) is 10.2 Å². The Kier molecular flexibility index (Phi) is 6.80. The average Bonchev–Trinajstić information content (AvgIpc) is 2.55. The summed E-state index contributed by atoms with van der Waals surface area (Å²) in [4.78, 5) is 24.6. The highest BCUT2D eigenvalue weighted by molar-refractivity contribution is 9.10. The summed E-state index contributed by atoms with van der Waals surface area (Å²) in [6.07, 6.45) is -0.456. The summed E-state index contributed by atoms with van der Waals surface area (Å²) in [5.74, 6) is -0.197. The van der Waals surface area contributed by atoms with Crippen LogP contribution < -0.4 is 10.6 Å². The highest BCUT2D eigenvalue weighted by Crippen LogP contribution is 2.20. The highest BCUT2D eigenvalue weighted by atomic mass is 79.9. The first-order chi connectivity index (χ1) is 12.2. The maximum absolute atomic E-state index is 12.4. The molecule has 0 unspecified atom stereocenters. The quantitative estimate of drug-likeness (QED) is 0.713. The Morgan fingerprint density at radius 2 is 1.65 bits per heavy atom. The maximum Gasteiger partial charge on any atom is 0.408 e. The first kappa shape index (κ1) is 20.0. The van der Waals surface area contributed by atoms with Crippen LogP contribution in [-0.2, 0) is 9.53 Å². The summed E-state index contributed by atoms with van der Waals surface area (Å²) < 4.78 is 6.25. The standard InChI is InChI=1S/C20H23BrN2O3/c1-20(2,3)26-19(25)23-17(14-7-5-4-6-8-14)13-18(24)22-16-11-9-15(21)10-12-16/h4-12,17H,13H2,1-3H3,(H,22,24)(H,23,25)/t17-/m0/s1. The largest absolute Gasteiger partial charge is 0.444 e. The number of benzene rings is 2. The van der Waals surface area contributed by atoms with Gasteiger partial charge in [0.1, 0.15) is 5.60 Å². The van der Waals surface area contributed by atoms with Crippen molar-refractivity contribution in [2.45, 2.75) is 38.8 Å². The van der Waals surface area contributed by atoms with Crippen LogP contribution in [0.3, 0.4) is 0 Å². The van der Waals surface area contributed by atoms with Crippen molar-refractivity contribution in [2.24, 2.45) is 0 Å². The second-order valence-electron chi connectivity index (χ2n) is 6.87. The minimum atomic E-state index is -0.606. The van der Waals surface area contributed by atoms with E-state index in [0.717, 1.165) is 10.0 Å². The van der Waals surface area contributed by atoms with E-state index in [2.05, 4.69) is 26.6 Å². The first-order valence-electron chi connectivity index (χ1n) is 8.33. The molecule has 2 aromatic carbocycles. The number of hydrogen-bond acceptors (Lipinski definition) is 3. The minimum absolute atomic E-state index is 0.0965. The highest BCUT2D eigenvalue weighted by Gasteiger charge is 2.22. The van der Waals surface area contributed by atoms with E-state index in [-0.39, 0.29) is 12.3 Å². The SMILES string of the molecule is CC(C)(C)OC(=O)N[C@@H](CC(=O)Nc1ccc(Br)cc1)c1ccccc1. The van der Waals surface area contributed by atoms with Gasteiger partial charge in [0.25, 0.3) is 0 Å². The minimum Gasteiger partial charge on any atom is -0.444 e. The van der Waals surface area contributed by atoms with Gasteiger partial charge in [-0.25, -0.2) is 4.79 Å². The Balaban J connectivity index is 2.07. The van der Waals surface area contributed by atoms with Crippen molar-refractivity contribution in [3.05, 3.63) is 64.6 Å². The Bertz CT molecular complexity index is 740. The van der Waals surface area contributed by atoms with Crippen LogP contribution >= 0.6 is 15.9 Å². The topological polar surface area (TPSA) is 67.4 Å². The van der Waals surface area contributed by atoms with Gasteiger partial charge in [-0.1, -0.05) is 46.3 Å². The first-order valence-corrected chi connectivity index (χ1v) is 9.12. The number of alkyl carbamates (subject to hydrolysis) is 1. The Morgan fingerprint density at radius 1 is 1.04 bits per heavy atom. The smallest absolute Gasteiger partial charge is 0.408 e. The van der Waals surface area contributed by atoms with Crippen LogP contribution in [0, 0.1) is 0 Å². The van der Waals surface area contributed by atoms with Gasteiger partial charge in [0.15, 0.2) is 0 Å². The predicted octanol–water partition coefficient (Wildman–Crippen LogP) is 5.04. The number of ether oxygens (including phenoxy) is 1. The lowest BCUT2D eigenvalue weighted by Crippen LogP contribution is -2.36. The van der Waals surface area contributed by atoms with Gasteiger partial charge in [-0.15, -0.1) is 0 Å². The molecule has 0 fully saturated rings. The normalized spacial score (nSPS) is 12.2. The fourth-order valence-corrected chi connectivity index (χ4v) is 2.58. The summed E-state index contributed by atoms with van der Waals surface area (Å²) in [6.45, 7) is 5.39. The molecular weight excluding hydrogens is 396 g/mol. The summed E-state index contributed by atoms with van der Waals surface area (Å²) >= 11 is 3.36. The molecule has 0 bridgehead atoms. The number of hydrogen-bond donors (Lipinski definition) is 2. The number of carbonyl (C=O) groups is 2. The number of anilines is 1. The van der Waals surface area contributed by atoms with Gasteiger partial charge >= 0.3 is 6.09 Å². The fourth-order valence-electron chi connectivity index (χ4n) is 2.32. The molecule has 0 aliphatic heterocycles. The van der Waals surface area contributed by atoms with E-state index in [1.54, 1.807) is 32.9 Å². The molecule has 2 N–H and O–H groups in total. The summed E-state index contributed by atoms with van der Waals surface area (Å²) in [5, 5.41) is 5.63. The lowest BCUT2D eigenvalue weighted by molar-refractivity contribution is -0.116. The van der Waals surface area contributed by atoms with Crippen molar-refractivity contribution in [1.29, 1.82) is 0 Å². The Morgan fingerprint density at radius 3 is 2.23 bits per heavy atom. The average molecular weight is 419 g/mol. The molecule has 0 heterocycles. The maximum atomic E-state index is 12.4. The van der Waals surface area contributed by atoms with Gasteiger partial charge in [-0.05, 0) is 50.6 Å². The molecule has 26 heavy (non-hydrogen) atoms. The molecule has 2 aromatic rings. The summed E-state index contributed by atoms with van der Waals surface area (Å²) in [7, 11) is 0. The number of amides is 2. The zero-order valence-electron chi connectivity index (χ0n) is 15.1. The van der Waals surface area contributed by atoms with E-state index >= 15 is 0 Å². The number of carbonyl (C=O) groups excluding carboxylic acids is 2. The molecule has 0 saturated carbocycles. The lowest BCUT2D eigenvalue weighted by Gasteiger charge is -2.23. The second kappa shape index (κ2) is 8.85. The summed E-state index contributed by atoms with van der Waals surface area (Å²) in [6, 6.07) is 16.2. The van der Waals surface area contributed by atoms with E-state index in [0.29, 0.717) is 5.69 Å². The third-order valence-electron chi connectivity index (χ3n) is 3.41. The van der Waals surface area contributed by atoms with E-state index in [1.807, 2.05) is 42.5 Å². The van der Waals surface area contributed by atoms with Gasteiger partial charge in [-0.3, -0.25) is 4.79 Å². The van der Waals surface area contributed by atoms with Crippen LogP contribution in [-0.4, -0.2) is 17.6 Å². The predicted molar refractivity (Wildman–Crippen MR) is 106 cm³/mol. The molecule has 1 atom stereocenters. The number of rotatable bonds is 5. The fraction of sp³-hybridized carbons (Fsp3) is 0.300. The van der Waals surface area contributed by atoms with E-state index < -0.39 is 17.7 Å². The van der Waals surface area contributed by atoms with Crippen LogP contribution in [0.1, 0.15) is 38.8 Å². The molecule has 2 rings (SSSR count). The molecule has 0 spiro atoms. The van der Waals surface area contributed by atoms with Crippen LogP contribution in [0.25, 0.3) is 0 Å². The zero-order chi connectivity index (χ0) is 19.2. The lowest BCUT2D eigenvalue weighted by atomic mass is 10.0. The van der Waals surface area contributed by atoms with Crippen molar-refractivity contribution in [2.75, 3.05) is 5.32 Å². The van der Waals surface area contributed by atoms with Crippen molar-refractivity contribution < 1.29 is 14.3 Å². The number of nitrogens with one attached hydrogen (secondary N) is 2. The van der Waals surface area contributed by atoms with Crippen molar-refractivity contribution >= 4 is 33.6 Å². The van der Waals surface area contributed by atoms with Crippen molar-refractivity contribution in [3.63, 3.8) is 0 Å². The van der Waals surface area contributed by atoms with Crippen molar-refractivity contribution in [3.8, 4) is 0 Å². The van der Waals surface area contributed by atoms with Gasteiger partial charge in [0.2, 0.25) is 5.91 Å². The molecule has 5 nitrogen and oxygen atoms in total. The van der Waals surface area contributed by atoms with E-state index in [9.17, 15) is 9.59 Å². The van der Waals surface area contributed by atoms with Crippen LogP contribution in [0.4, 0.5) is 10.5 Å². The zero-order valence-corrected chi connectivity index (χ0v) is 16.7. The summed E-state index contributed by atoms with van der Waals surface area (Å²) in [5.41, 5.74) is 0.928. The molecule has 0 radical (unpaired) electrons. The molecule has 0 saturated heterocycles. The van der Waals surface area contributed by atoms with Crippen LogP contribution in [0.15, 0.2) is 59.1 Å².